The Morgan fingerprint density at radius 2 is 2.16 bits per heavy atom. The normalized spacial score (nSPS) is 10.1. The van der Waals surface area contributed by atoms with Gasteiger partial charge in [-0.1, -0.05) is 13.3 Å². The molecular formula is C13H18N2O4. The van der Waals surface area contributed by atoms with Gasteiger partial charge in [-0.25, -0.2) is 4.79 Å². The number of carbonyl (C=O) groups is 1. The van der Waals surface area contributed by atoms with Crippen molar-refractivity contribution in [2.24, 2.45) is 0 Å². The van der Waals surface area contributed by atoms with Gasteiger partial charge in [0.25, 0.3) is 5.69 Å². The fraction of sp³-hybridized carbons (Fsp3) is 0.462. The molecule has 1 aromatic carbocycles. The summed E-state index contributed by atoms with van der Waals surface area (Å²) in [6, 6.07) is 4.24. The van der Waals surface area contributed by atoms with E-state index in [1.54, 1.807) is 11.9 Å². The molecule has 0 atom stereocenters. The van der Waals surface area contributed by atoms with Crippen LogP contribution in [0.4, 0.5) is 11.4 Å². The molecule has 19 heavy (non-hydrogen) atoms. The molecule has 0 saturated heterocycles. The summed E-state index contributed by atoms with van der Waals surface area (Å²) >= 11 is 0. The van der Waals surface area contributed by atoms with Crippen molar-refractivity contribution < 1.29 is 14.5 Å². The van der Waals surface area contributed by atoms with Crippen LogP contribution in [0.1, 0.15) is 30.1 Å². The monoisotopic (exact) mass is 266 g/mol. The van der Waals surface area contributed by atoms with Crippen LogP contribution in [0.25, 0.3) is 0 Å². The molecule has 0 aliphatic rings. The number of benzene rings is 1. The number of nitrogens with zero attached hydrogens (tertiary/aromatic N) is 2. The Balaban J connectivity index is 3.15. The zero-order valence-corrected chi connectivity index (χ0v) is 11.4. The van der Waals surface area contributed by atoms with Gasteiger partial charge in [0.1, 0.15) is 5.69 Å². The Hall–Kier alpha value is -2.11. The number of unbranched alkanes of at least 4 members (excludes halogenated alkanes) is 1. The first kappa shape index (κ1) is 14.9. The van der Waals surface area contributed by atoms with Crippen LogP contribution in [0.2, 0.25) is 0 Å². The highest BCUT2D eigenvalue weighted by molar-refractivity contribution is 5.91. The third-order valence-corrected chi connectivity index (χ3v) is 2.85. The molecule has 0 aliphatic heterocycles. The first-order chi connectivity index (χ1) is 9.01. The number of methoxy groups -OCH3 is 1. The lowest BCUT2D eigenvalue weighted by Gasteiger charge is -2.19. The molecule has 0 fully saturated rings. The number of nitro benzene ring substituents is 1. The minimum Gasteiger partial charge on any atom is -0.465 e. The van der Waals surface area contributed by atoms with Crippen molar-refractivity contribution >= 4 is 17.3 Å². The van der Waals surface area contributed by atoms with Gasteiger partial charge in [-0.2, -0.15) is 0 Å². The first-order valence-corrected chi connectivity index (χ1v) is 6.09. The number of ether oxygens (including phenoxy) is 1. The summed E-state index contributed by atoms with van der Waals surface area (Å²) in [7, 11) is 3.06. The maximum absolute atomic E-state index is 11.5. The van der Waals surface area contributed by atoms with E-state index in [0.717, 1.165) is 12.8 Å². The van der Waals surface area contributed by atoms with Gasteiger partial charge in [-0.05, 0) is 18.6 Å². The molecule has 0 saturated carbocycles. The van der Waals surface area contributed by atoms with Gasteiger partial charge in [0.05, 0.1) is 17.6 Å². The highest BCUT2D eigenvalue weighted by Gasteiger charge is 2.19. The van der Waals surface area contributed by atoms with Gasteiger partial charge in [0.15, 0.2) is 0 Å². The van der Waals surface area contributed by atoms with Crippen LogP contribution < -0.4 is 4.90 Å². The quantitative estimate of drug-likeness (QED) is 0.449. The van der Waals surface area contributed by atoms with Gasteiger partial charge in [-0.3, -0.25) is 10.1 Å². The van der Waals surface area contributed by atoms with Crippen LogP contribution in [0.15, 0.2) is 18.2 Å². The summed E-state index contributed by atoms with van der Waals surface area (Å²) in [5.74, 6) is -0.500. The number of carbonyl (C=O) groups excluding carboxylic acids is 1. The van der Waals surface area contributed by atoms with E-state index in [0.29, 0.717) is 17.8 Å². The highest BCUT2D eigenvalue weighted by Crippen LogP contribution is 2.29. The van der Waals surface area contributed by atoms with Crippen LogP contribution in [-0.2, 0) is 4.74 Å². The van der Waals surface area contributed by atoms with Gasteiger partial charge in [-0.15, -0.1) is 0 Å². The molecule has 1 rings (SSSR count). The Labute approximate surface area is 112 Å². The fourth-order valence-corrected chi connectivity index (χ4v) is 1.74. The summed E-state index contributed by atoms with van der Waals surface area (Å²) < 4.78 is 4.63. The Morgan fingerprint density at radius 1 is 1.47 bits per heavy atom. The van der Waals surface area contributed by atoms with Gasteiger partial charge < -0.3 is 9.64 Å². The molecule has 0 aliphatic carbocycles. The molecule has 0 heterocycles. The van der Waals surface area contributed by atoms with Crippen molar-refractivity contribution in [1.82, 2.24) is 0 Å². The van der Waals surface area contributed by atoms with E-state index in [1.807, 2.05) is 6.92 Å². The third kappa shape index (κ3) is 3.67. The standard InChI is InChI=1S/C13H18N2O4/c1-4-5-8-14(2)12-9-10(13(16)19-3)6-7-11(12)15(17)18/h6-7,9H,4-5,8H2,1-3H3. The SMILES string of the molecule is CCCCN(C)c1cc(C(=O)OC)ccc1[N+](=O)[O-]. The second kappa shape index (κ2) is 6.72. The van der Waals surface area contributed by atoms with E-state index in [9.17, 15) is 14.9 Å². The van der Waals surface area contributed by atoms with E-state index in [4.69, 9.17) is 0 Å². The van der Waals surface area contributed by atoms with Crippen molar-refractivity contribution in [2.45, 2.75) is 19.8 Å². The lowest BCUT2D eigenvalue weighted by molar-refractivity contribution is -0.384. The summed E-state index contributed by atoms with van der Waals surface area (Å²) in [5.41, 5.74) is 0.735. The topological polar surface area (TPSA) is 72.7 Å². The maximum Gasteiger partial charge on any atom is 0.337 e. The minimum absolute atomic E-state index is 0.00810. The Morgan fingerprint density at radius 3 is 2.68 bits per heavy atom. The summed E-state index contributed by atoms with van der Waals surface area (Å²) in [6.45, 7) is 2.75. The van der Waals surface area contributed by atoms with E-state index in [2.05, 4.69) is 4.74 Å². The summed E-state index contributed by atoms with van der Waals surface area (Å²) in [4.78, 5) is 23.8. The van der Waals surface area contributed by atoms with Gasteiger partial charge in [0.2, 0.25) is 0 Å². The molecule has 0 bridgehead atoms. The molecule has 0 unspecified atom stereocenters. The van der Waals surface area contributed by atoms with Crippen molar-refractivity contribution in [2.75, 3.05) is 25.6 Å². The summed E-state index contributed by atoms with van der Waals surface area (Å²) in [5, 5.41) is 11.0. The molecule has 0 radical (unpaired) electrons. The number of rotatable bonds is 6. The zero-order valence-electron chi connectivity index (χ0n) is 11.4. The van der Waals surface area contributed by atoms with Crippen molar-refractivity contribution in [1.29, 1.82) is 0 Å². The Kier molecular flexibility index (Phi) is 5.29. The number of nitro groups is 1. The highest BCUT2D eigenvalue weighted by atomic mass is 16.6. The van der Waals surface area contributed by atoms with Gasteiger partial charge >= 0.3 is 5.97 Å². The molecule has 6 heteroatoms. The molecule has 1 aromatic rings. The zero-order chi connectivity index (χ0) is 14.4. The first-order valence-electron chi connectivity index (χ1n) is 6.09. The van der Waals surface area contributed by atoms with Crippen LogP contribution in [0.3, 0.4) is 0 Å². The largest absolute Gasteiger partial charge is 0.465 e. The van der Waals surface area contributed by atoms with E-state index in [1.165, 1.54) is 25.3 Å². The maximum atomic E-state index is 11.5. The van der Waals surface area contributed by atoms with E-state index >= 15 is 0 Å². The molecule has 104 valence electrons. The van der Waals surface area contributed by atoms with E-state index < -0.39 is 10.9 Å². The second-order valence-corrected chi connectivity index (χ2v) is 4.23. The lowest BCUT2D eigenvalue weighted by atomic mass is 10.1. The smallest absolute Gasteiger partial charge is 0.337 e. The van der Waals surface area contributed by atoms with Gasteiger partial charge in [0, 0.05) is 19.7 Å². The molecule has 0 amide bonds. The predicted octanol–water partition coefficient (Wildman–Crippen LogP) is 2.62. The molecule has 0 spiro atoms. The molecule has 0 aromatic heterocycles. The number of hydrogen-bond acceptors (Lipinski definition) is 5. The van der Waals surface area contributed by atoms with Crippen LogP contribution >= 0.6 is 0 Å². The van der Waals surface area contributed by atoms with Crippen molar-refractivity contribution in [3.63, 3.8) is 0 Å². The molecule has 0 N–H and O–H groups in total. The average Bonchev–Trinajstić information content (AvgIpc) is 2.42. The van der Waals surface area contributed by atoms with Crippen LogP contribution in [0.5, 0.6) is 0 Å². The average molecular weight is 266 g/mol. The van der Waals surface area contributed by atoms with Crippen LogP contribution in [0, 0.1) is 10.1 Å². The fourth-order valence-electron chi connectivity index (χ4n) is 1.74. The number of esters is 1. The van der Waals surface area contributed by atoms with Crippen molar-refractivity contribution in [3.8, 4) is 0 Å². The van der Waals surface area contributed by atoms with Crippen LogP contribution in [-0.4, -0.2) is 31.6 Å². The molecule has 6 nitrogen and oxygen atoms in total. The number of anilines is 1. The Bertz CT molecular complexity index is 474. The van der Waals surface area contributed by atoms with E-state index in [-0.39, 0.29) is 5.69 Å². The lowest BCUT2D eigenvalue weighted by Crippen LogP contribution is -2.20. The van der Waals surface area contributed by atoms with Crippen molar-refractivity contribution in [3.05, 3.63) is 33.9 Å². The summed E-state index contributed by atoms with van der Waals surface area (Å²) in [6.07, 6.45) is 1.92. The minimum atomic E-state index is -0.500. The predicted molar refractivity (Wildman–Crippen MR) is 72.6 cm³/mol. The third-order valence-electron chi connectivity index (χ3n) is 2.85. The second-order valence-electron chi connectivity index (χ2n) is 4.23. The molecular weight excluding hydrogens is 248 g/mol. The number of hydrogen-bond donors (Lipinski definition) is 0.